The van der Waals surface area contributed by atoms with E-state index in [-0.39, 0.29) is 47.6 Å². The third kappa shape index (κ3) is 2.21. The number of aliphatic hydroxyl groups excluding tert-OH is 2. The predicted octanol–water partition coefficient (Wildman–Crippen LogP) is 0.961. The molecule has 0 aromatic rings. The lowest BCUT2D eigenvalue weighted by Gasteiger charge is -2.57. The third-order valence-corrected chi connectivity index (χ3v) is 8.44. The second kappa shape index (κ2) is 5.82. The van der Waals surface area contributed by atoms with Gasteiger partial charge in [-0.05, 0) is 49.0 Å². The molecule has 4 rings (SSSR count). The summed E-state index contributed by atoms with van der Waals surface area (Å²) in [4.78, 5) is 37.6. The Morgan fingerprint density at radius 3 is 2.63 bits per heavy atom. The second-order valence-electron chi connectivity index (χ2n) is 9.50. The Kier molecular flexibility index (Phi) is 4.09. The molecule has 27 heavy (non-hydrogen) atoms. The van der Waals surface area contributed by atoms with Crippen LogP contribution in [0.5, 0.6) is 0 Å². The SMILES string of the molecule is C[C@]12CCC(=O)C=C1CC[C@@H]1[C@@H]2C(=O)C[C@@]2(C)[C@H]1CC(O)[C@]2(O)C(=O)CO. The van der Waals surface area contributed by atoms with Gasteiger partial charge in [-0.1, -0.05) is 19.4 Å². The maximum atomic E-state index is 13.3. The Morgan fingerprint density at radius 1 is 1.26 bits per heavy atom. The fraction of sp³-hybridized carbons (Fsp3) is 0.762. The van der Waals surface area contributed by atoms with Gasteiger partial charge in [0.15, 0.2) is 17.2 Å². The summed E-state index contributed by atoms with van der Waals surface area (Å²) in [5.41, 5.74) is -2.47. The van der Waals surface area contributed by atoms with E-state index in [2.05, 4.69) is 6.92 Å². The van der Waals surface area contributed by atoms with Crippen LogP contribution in [0.4, 0.5) is 0 Å². The second-order valence-corrected chi connectivity index (χ2v) is 9.50. The highest BCUT2D eigenvalue weighted by Gasteiger charge is 2.71. The number of ketones is 3. The molecule has 0 aromatic carbocycles. The van der Waals surface area contributed by atoms with Gasteiger partial charge in [-0.2, -0.15) is 0 Å². The molecule has 0 radical (unpaired) electrons. The number of aliphatic hydroxyl groups is 3. The molecule has 0 aliphatic heterocycles. The van der Waals surface area contributed by atoms with Crippen molar-refractivity contribution < 1.29 is 29.7 Å². The number of Topliss-reactive ketones (excluding diaryl/α,β-unsaturated/α-hetero) is 2. The molecule has 0 aromatic heterocycles. The molecular formula is C21H28O6. The topological polar surface area (TPSA) is 112 Å². The van der Waals surface area contributed by atoms with Gasteiger partial charge in [0.05, 0.1) is 6.10 Å². The molecular weight excluding hydrogens is 348 g/mol. The smallest absolute Gasteiger partial charge is 0.192 e. The molecule has 3 saturated carbocycles. The molecule has 4 aliphatic carbocycles. The molecule has 6 heteroatoms. The van der Waals surface area contributed by atoms with E-state index in [1.165, 1.54) is 0 Å². The normalized spacial score (nSPS) is 49.1. The van der Waals surface area contributed by atoms with Gasteiger partial charge in [0.1, 0.15) is 12.4 Å². The number of hydrogen-bond donors (Lipinski definition) is 3. The number of carbonyl (C=O) groups excluding carboxylic acids is 3. The van der Waals surface area contributed by atoms with Crippen LogP contribution in [-0.2, 0) is 14.4 Å². The summed E-state index contributed by atoms with van der Waals surface area (Å²) in [6.07, 6.45) is 3.22. The van der Waals surface area contributed by atoms with E-state index in [0.29, 0.717) is 19.3 Å². The molecule has 0 bridgehead atoms. The van der Waals surface area contributed by atoms with Gasteiger partial charge >= 0.3 is 0 Å². The summed E-state index contributed by atoms with van der Waals surface area (Å²) in [5, 5.41) is 31.1. The minimum absolute atomic E-state index is 0.000497. The summed E-state index contributed by atoms with van der Waals surface area (Å²) in [6, 6.07) is 0. The first-order chi connectivity index (χ1) is 12.6. The Bertz CT molecular complexity index is 756. The van der Waals surface area contributed by atoms with Crippen LogP contribution in [0.2, 0.25) is 0 Å². The zero-order valence-electron chi connectivity index (χ0n) is 15.9. The number of allylic oxidation sites excluding steroid dienone is 1. The van der Waals surface area contributed by atoms with Crippen molar-refractivity contribution >= 4 is 17.3 Å². The van der Waals surface area contributed by atoms with Crippen molar-refractivity contribution in [2.75, 3.05) is 6.61 Å². The molecule has 0 saturated heterocycles. The van der Waals surface area contributed by atoms with Crippen molar-refractivity contribution in [3.8, 4) is 0 Å². The van der Waals surface area contributed by atoms with E-state index >= 15 is 0 Å². The van der Waals surface area contributed by atoms with Crippen molar-refractivity contribution in [3.05, 3.63) is 11.6 Å². The van der Waals surface area contributed by atoms with Crippen LogP contribution in [0.3, 0.4) is 0 Å². The average molecular weight is 376 g/mol. The van der Waals surface area contributed by atoms with Crippen molar-refractivity contribution in [3.63, 3.8) is 0 Å². The zero-order valence-corrected chi connectivity index (χ0v) is 15.9. The first kappa shape index (κ1) is 19.0. The van der Waals surface area contributed by atoms with E-state index in [0.717, 1.165) is 12.0 Å². The predicted molar refractivity (Wildman–Crippen MR) is 95.5 cm³/mol. The molecule has 0 amide bonds. The highest BCUT2D eigenvalue weighted by atomic mass is 16.4. The van der Waals surface area contributed by atoms with E-state index in [1.807, 2.05) is 0 Å². The summed E-state index contributed by atoms with van der Waals surface area (Å²) in [5.74, 6) is -1.15. The first-order valence-corrected chi connectivity index (χ1v) is 9.91. The van der Waals surface area contributed by atoms with Crippen LogP contribution in [0.1, 0.15) is 52.4 Å². The van der Waals surface area contributed by atoms with Crippen LogP contribution >= 0.6 is 0 Å². The maximum absolute atomic E-state index is 13.3. The van der Waals surface area contributed by atoms with Crippen molar-refractivity contribution in [1.82, 2.24) is 0 Å². The van der Waals surface area contributed by atoms with Crippen LogP contribution in [0.15, 0.2) is 11.6 Å². The Morgan fingerprint density at radius 2 is 1.96 bits per heavy atom. The van der Waals surface area contributed by atoms with Crippen LogP contribution in [0, 0.1) is 28.6 Å². The van der Waals surface area contributed by atoms with E-state index in [4.69, 9.17) is 0 Å². The highest BCUT2D eigenvalue weighted by Crippen LogP contribution is 2.66. The monoisotopic (exact) mass is 376 g/mol. The highest BCUT2D eigenvalue weighted by molar-refractivity contribution is 5.94. The first-order valence-electron chi connectivity index (χ1n) is 9.91. The maximum Gasteiger partial charge on any atom is 0.192 e. The molecule has 7 atom stereocenters. The quantitative estimate of drug-likeness (QED) is 0.662. The van der Waals surface area contributed by atoms with Gasteiger partial charge in [-0.3, -0.25) is 14.4 Å². The van der Waals surface area contributed by atoms with Gasteiger partial charge in [0, 0.05) is 24.2 Å². The standard InChI is InChI=1S/C21H28O6/c1-19-6-5-12(23)7-11(19)3-4-13-14-8-16(25)21(27,17(26)10-22)20(14,2)9-15(24)18(13)19/h7,13-14,16,18,22,25,27H,3-6,8-10H2,1-2H3/t13-,14-,16?,18+,19-,20-,21-/m0/s1. The van der Waals surface area contributed by atoms with Crippen molar-refractivity contribution in [2.45, 2.75) is 64.1 Å². The summed E-state index contributed by atoms with van der Waals surface area (Å²) in [6.45, 7) is 2.93. The lowest BCUT2D eigenvalue weighted by molar-refractivity contribution is -0.180. The zero-order chi connectivity index (χ0) is 19.8. The van der Waals surface area contributed by atoms with Gasteiger partial charge < -0.3 is 15.3 Å². The minimum Gasteiger partial charge on any atom is -0.390 e. The van der Waals surface area contributed by atoms with Gasteiger partial charge in [0.2, 0.25) is 0 Å². The summed E-state index contributed by atoms with van der Waals surface area (Å²) < 4.78 is 0. The molecule has 0 heterocycles. The Hall–Kier alpha value is -1.37. The number of rotatable bonds is 2. The minimum atomic E-state index is -2.09. The molecule has 6 nitrogen and oxygen atoms in total. The number of carbonyl (C=O) groups is 3. The third-order valence-electron chi connectivity index (χ3n) is 8.44. The number of hydrogen-bond acceptors (Lipinski definition) is 6. The molecule has 4 aliphatic rings. The molecule has 3 N–H and O–H groups in total. The van der Waals surface area contributed by atoms with Crippen LogP contribution in [-0.4, -0.2) is 51.0 Å². The summed E-state index contributed by atoms with van der Waals surface area (Å²) in [7, 11) is 0. The Balaban J connectivity index is 1.78. The van der Waals surface area contributed by atoms with Crippen molar-refractivity contribution in [1.29, 1.82) is 0 Å². The van der Waals surface area contributed by atoms with Crippen LogP contribution in [0.25, 0.3) is 0 Å². The lowest BCUT2D eigenvalue weighted by atomic mass is 9.46. The number of fused-ring (bicyclic) bond motifs is 5. The molecule has 1 unspecified atom stereocenters. The lowest BCUT2D eigenvalue weighted by Crippen LogP contribution is -2.63. The van der Waals surface area contributed by atoms with E-state index in [9.17, 15) is 29.7 Å². The van der Waals surface area contributed by atoms with E-state index < -0.39 is 29.5 Å². The molecule has 3 fully saturated rings. The van der Waals surface area contributed by atoms with Crippen LogP contribution < -0.4 is 0 Å². The average Bonchev–Trinajstić information content (AvgIpc) is 2.82. The van der Waals surface area contributed by atoms with E-state index in [1.54, 1.807) is 13.0 Å². The van der Waals surface area contributed by atoms with Crippen molar-refractivity contribution in [2.24, 2.45) is 28.6 Å². The fourth-order valence-corrected chi connectivity index (χ4v) is 7.02. The summed E-state index contributed by atoms with van der Waals surface area (Å²) >= 11 is 0. The van der Waals surface area contributed by atoms with Gasteiger partial charge in [-0.25, -0.2) is 0 Å². The molecule has 0 spiro atoms. The Labute approximate surface area is 158 Å². The fourth-order valence-electron chi connectivity index (χ4n) is 7.02. The molecule has 148 valence electrons. The van der Waals surface area contributed by atoms with Gasteiger partial charge in [-0.15, -0.1) is 0 Å². The largest absolute Gasteiger partial charge is 0.390 e. The van der Waals surface area contributed by atoms with Gasteiger partial charge in [0.25, 0.3) is 0 Å².